The van der Waals surface area contributed by atoms with E-state index in [0.29, 0.717) is 12.3 Å². The molecule has 96 valence electrons. The van der Waals surface area contributed by atoms with E-state index in [9.17, 15) is 9.59 Å². The first-order valence-corrected chi connectivity index (χ1v) is 6.69. The van der Waals surface area contributed by atoms with Crippen LogP contribution in [0.5, 0.6) is 0 Å². The summed E-state index contributed by atoms with van der Waals surface area (Å²) in [5.41, 5.74) is 0. The van der Waals surface area contributed by atoms with Gasteiger partial charge in [0.15, 0.2) is 0 Å². The van der Waals surface area contributed by atoms with Gasteiger partial charge in [0.25, 0.3) is 0 Å². The molecule has 2 fully saturated rings. The van der Waals surface area contributed by atoms with Gasteiger partial charge in [-0.05, 0) is 31.1 Å². The van der Waals surface area contributed by atoms with Crippen molar-refractivity contribution in [2.45, 2.75) is 45.6 Å². The second-order valence-corrected chi connectivity index (χ2v) is 5.47. The molecule has 17 heavy (non-hydrogen) atoms. The number of carbonyl (C=O) groups is 2. The van der Waals surface area contributed by atoms with Crippen molar-refractivity contribution in [2.24, 2.45) is 11.8 Å². The average Bonchev–Trinajstić information content (AvgIpc) is 2.70. The Morgan fingerprint density at radius 3 is 2.71 bits per heavy atom. The van der Waals surface area contributed by atoms with E-state index in [1.54, 1.807) is 0 Å². The summed E-state index contributed by atoms with van der Waals surface area (Å²) in [6.45, 7) is 5.18. The molecule has 0 aromatic heterocycles. The van der Waals surface area contributed by atoms with E-state index < -0.39 is 0 Å². The summed E-state index contributed by atoms with van der Waals surface area (Å²) in [7, 11) is 0. The lowest BCUT2D eigenvalue weighted by Gasteiger charge is -2.36. The molecular formula is C13H22N2O2. The summed E-state index contributed by atoms with van der Waals surface area (Å²) >= 11 is 0. The van der Waals surface area contributed by atoms with Crippen molar-refractivity contribution in [3.8, 4) is 0 Å². The number of nitrogens with zero attached hydrogens (tertiary/aromatic N) is 1. The van der Waals surface area contributed by atoms with Gasteiger partial charge in [-0.3, -0.25) is 9.59 Å². The van der Waals surface area contributed by atoms with Gasteiger partial charge >= 0.3 is 0 Å². The van der Waals surface area contributed by atoms with Crippen LogP contribution in [0.25, 0.3) is 0 Å². The van der Waals surface area contributed by atoms with E-state index >= 15 is 0 Å². The largest absolute Gasteiger partial charge is 0.345 e. The summed E-state index contributed by atoms with van der Waals surface area (Å²) in [5.74, 6) is 1.46. The maximum atomic E-state index is 11.9. The first-order chi connectivity index (χ1) is 8.11. The highest BCUT2D eigenvalue weighted by atomic mass is 16.2. The van der Waals surface area contributed by atoms with Crippen LogP contribution in [-0.2, 0) is 9.59 Å². The van der Waals surface area contributed by atoms with Crippen molar-refractivity contribution < 1.29 is 9.59 Å². The first-order valence-electron chi connectivity index (χ1n) is 6.69. The van der Waals surface area contributed by atoms with Crippen LogP contribution in [0.1, 0.15) is 39.5 Å². The lowest BCUT2D eigenvalue weighted by molar-refractivity contribution is -0.146. The predicted octanol–water partition coefficient (Wildman–Crippen LogP) is 1.16. The molecule has 1 saturated carbocycles. The number of nitrogens with one attached hydrogen (secondary N) is 1. The molecule has 1 saturated heterocycles. The molecule has 0 bridgehead atoms. The second-order valence-electron chi connectivity index (χ2n) is 5.47. The van der Waals surface area contributed by atoms with Gasteiger partial charge in [0, 0.05) is 6.54 Å². The zero-order valence-electron chi connectivity index (χ0n) is 10.7. The smallest absolute Gasteiger partial charge is 0.243 e. The van der Waals surface area contributed by atoms with Crippen LogP contribution in [0.4, 0.5) is 0 Å². The predicted molar refractivity (Wildman–Crippen MR) is 65.3 cm³/mol. The Morgan fingerprint density at radius 1 is 1.35 bits per heavy atom. The number of piperazine rings is 1. The second kappa shape index (κ2) is 5.07. The fraction of sp³-hybridized carbons (Fsp3) is 0.846. The Kier molecular flexibility index (Phi) is 3.69. The highest BCUT2D eigenvalue weighted by molar-refractivity contribution is 5.94. The van der Waals surface area contributed by atoms with Gasteiger partial charge in [-0.2, -0.15) is 0 Å². The third kappa shape index (κ3) is 2.61. The molecule has 0 aromatic rings. The molecule has 3 atom stereocenters. The zero-order chi connectivity index (χ0) is 12.4. The van der Waals surface area contributed by atoms with Crippen LogP contribution >= 0.6 is 0 Å². The molecule has 2 amide bonds. The third-order valence-electron chi connectivity index (χ3n) is 4.06. The molecule has 4 nitrogen and oxygen atoms in total. The Bertz CT molecular complexity index is 317. The monoisotopic (exact) mass is 238 g/mol. The number of carbonyl (C=O) groups excluding carboxylic acids is 2. The van der Waals surface area contributed by atoms with Crippen molar-refractivity contribution in [1.82, 2.24) is 10.2 Å². The summed E-state index contributed by atoms with van der Waals surface area (Å²) in [6.07, 6.45) is 4.36. The number of rotatable bonds is 3. The van der Waals surface area contributed by atoms with Crippen molar-refractivity contribution in [3.05, 3.63) is 0 Å². The normalized spacial score (nSPS) is 34.0. The standard InChI is InChI=1S/C13H22N2O2/c1-3-11-13(17)14-7-12(16)15(11)8-10-5-4-9(2)6-10/h9-11H,3-8H2,1-2H3,(H,14,17). The lowest BCUT2D eigenvalue weighted by atomic mass is 10.0. The molecule has 2 aliphatic rings. The van der Waals surface area contributed by atoms with Gasteiger partial charge in [0.2, 0.25) is 11.8 Å². The topological polar surface area (TPSA) is 49.4 Å². The Morgan fingerprint density at radius 2 is 2.12 bits per heavy atom. The van der Waals surface area contributed by atoms with Gasteiger partial charge in [-0.25, -0.2) is 0 Å². The minimum atomic E-state index is -0.243. The van der Waals surface area contributed by atoms with Gasteiger partial charge in [-0.1, -0.05) is 20.3 Å². The van der Waals surface area contributed by atoms with E-state index in [1.165, 1.54) is 19.3 Å². The summed E-state index contributed by atoms with van der Waals surface area (Å²) in [4.78, 5) is 25.4. The van der Waals surface area contributed by atoms with Gasteiger partial charge < -0.3 is 10.2 Å². The van der Waals surface area contributed by atoms with Crippen molar-refractivity contribution in [1.29, 1.82) is 0 Å². The van der Waals surface area contributed by atoms with E-state index in [4.69, 9.17) is 0 Å². The fourth-order valence-corrected chi connectivity index (χ4v) is 3.10. The molecule has 4 heteroatoms. The van der Waals surface area contributed by atoms with Crippen molar-refractivity contribution in [3.63, 3.8) is 0 Å². The number of hydrogen-bond acceptors (Lipinski definition) is 2. The van der Waals surface area contributed by atoms with Crippen LogP contribution in [-0.4, -0.2) is 35.8 Å². The highest BCUT2D eigenvalue weighted by Gasteiger charge is 2.35. The average molecular weight is 238 g/mol. The maximum absolute atomic E-state index is 11.9. The molecular weight excluding hydrogens is 216 g/mol. The minimum Gasteiger partial charge on any atom is -0.345 e. The van der Waals surface area contributed by atoms with E-state index in [2.05, 4.69) is 12.2 Å². The van der Waals surface area contributed by atoms with Crippen molar-refractivity contribution in [2.75, 3.05) is 13.1 Å². The van der Waals surface area contributed by atoms with Crippen molar-refractivity contribution >= 4 is 11.8 Å². The number of amides is 2. The van der Waals surface area contributed by atoms with Gasteiger partial charge in [0.1, 0.15) is 6.04 Å². The molecule has 1 heterocycles. The SMILES string of the molecule is CCC1C(=O)NCC(=O)N1CC1CCC(C)C1. The summed E-state index contributed by atoms with van der Waals surface area (Å²) in [6, 6.07) is -0.243. The van der Waals surface area contributed by atoms with Gasteiger partial charge in [0.05, 0.1) is 6.54 Å². The van der Waals surface area contributed by atoms with E-state index in [-0.39, 0.29) is 24.4 Å². The number of hydrogen-bond donors (Lipinski definition) is 1. The van der Waals surface area contributed by atoms with Crippen LogP contribution in [0, 0.1) is 11.8 Å². The highest BCUT2D eigenvalue weighted by Crippen LogP contribution is 2.31. The van der Waals surface area contributed by atoms with Gasteiger partial charge in [-0.15, -0.1) is 0 Å². The minimum absolute atomic E-state index is 0.0122. The first kappa shape index (κ1) is 12.4. The molecule has 1 N–H and O–H groups in total. The third-order valence-corrected chi connectivity index (χ3v) is 4.06. The Balaban J connectivity index is 2.00. The zero-order valence-corrected chi connectivity index (χ0v) is 10.7. The molecule has 2 rings (SSSR count). The molecule has 0 aromatic carbocycles. The van der Waals surface area contributed by atoms with Crippen LogP contribution in [0.2, 0.25) is 0 Å². The molecule has 1 aliphatic heterocycles. The lowest BCUT2D eigenvalue weighted by Crippen LogP contribution is -2.59. The van der Waals surface area contributed by atoms with Crippen LogP contribution < -0.4 is 5.32 Å². The molecule has 0 radical (unpaired) electrons. The quantitative estimate of drug-likeness (QED) is 0.802. The Hall–Kier alpha value is -1.06. The van der Waals surface area contributed by atoms with Crippen LogP contribution in [0.15, 0.2) is 0 Å². The summed E-state index contributed by atoms with van der Waals surface area (Å²) < 4.78 is 0. The summed E-state index contributed by atoms with van der Waals surface area (Å²) in [5, 5.41) is 2.67. The van der Waals surface area contributed by atoms with Crippen LogP contribution in [0.3, 0.4) is 0 Å². The molecule has 3 unspecified atom stereocenters. The molecule has 0 spiro atoms. The van der Waals surface area contributed by atoms with E-state index in [0.717, 1.165) is 12.5 Å². The fourth-order valence-electron chi connectivity index (χ4n) is 3.10. The maximum Gasteiger partial charge on any atom is 0.243 e. The van der Waals surface area contributed by atoms with E-state index in [1.807, 2.05) is 11.8 Å². The Labute approximate surface area is 103 Å². The molecule has 1 aliphatic carbocycles.